The van der Waals surface area contributed by atoms with Crippen molar-refractivity contribution in [2.24, 2.45) is 5.92 Å². The molecule has 0 aromatic carbocycles. The van der Waals surface area contributed by atoms with Crippen LogP contribution in [-0.2, 0) is 4.79 Å². The molecular weight excluding hydrogens is 272 g/mol. The molecule has 0 radical (unpaired) electrons. The molecule has 1 saturated heterocycles. The Labute approximate surface area is 105 Å². The van der Waals surface area contributed by atoms with E-state index in [0.29, 0.717) is 5.92 Å². The molecule has 0 saturated carbocycles. The van der Waals surface area contributed by atoms with Crippen molar-refractivity contribution < 1.29 is 9.90 Å². The van der Waals surface area contributed by atoms with E-state index in [9.17, 15) is 4.79 Å². The second-order valence-corrected chi connectivity index (χ2v) is 5.41. The number of nitrogens with one attached hydrogen (secondary N) is 1. The average Bonchev–Trinajstić information content (AvgIpc) is 2.16. The van der Waals surface area contributed by atoms with Crippen LogP contribution in [-0.4, -0.2) is 48.7 Å². The number of hydrogen-bond donors (Lipinski definition) is 2. The molecule has 1 rings (SSSR count). The smallest absolute Gasteiger partial charge is 0.317 e. The molecule has 1 unspecified atom stereocenters. The van der Waals surface area contributed by atoms with Gasteiger partial charge in [0.1, 0.15) is 0 Å². The number of hydrogen-bond acceptors (Lipinski definition) is 3. The topological polar surface area (TPSA) is 52.6 Å². The van der Waals surface area contributed by atoms with Crippen LogP contribution in [0.15, 0.2) is 11.1 Å². The summed E-state index contributed by atoms with van der Waals surface area (Å²) >= 11 is 3.37. The normalized spacial score (nSPS) is 21.9. The number of nitrogens with zero attached hydrogens (tertiary/aromatic N) is 1. The fourth-order valence-corrected chi connectivity index (χ4v) is 2.44. The average molecular weight is 291 g/mol. The largest absolute Gasteiger partial charge is 0.480 e. The van der Waals surface area contributed by atoms with Gasteiger partial charge in [-0.2, -0.15) is 0 Å². The van der Waals surface area contributed by atoms with Crippen LogP contribution in [0.5, 0.6) is 0 Å². The van der Waals surface area contributed by atoms with E-state index in [1.54, 1.807) is 0 Å². The van der Waals surface area contributed by atoms with Gasteiger partial charge in [-0.3, -0.25) is 9.69 Å². The first-order valence-corrected chi connectivity index (χ1v) is 6.35. The SMILES string of the molecule is C=C(Br)CN1CCCC(CNCC(=O)O)C1. The lowest BCUT2D eigenvalue weighted by molar-refractivity contribution is -0.136. The fourth-order valence-electron chi connectivity index (χ4n) is 2.09. The highest BCUT2D eigenvalue weighted by molar-refractivity contribution is 9.11. The van der Waals surface area contributed by atoms with Gasteiger partial charge in [-0.15, -0.1) is 0 Å². The molecule has 0 aliphatic carbocycles. The Morgan fingerprint density at radius 1 is 1.62 bits per heavy atom. The molecule has 92 valence electrons. The number of carbonyl (C=O) groups is 1. The summed E-state index contributed by atoms with van der Waals surface area (Å²) in [5.41, 5.74) is 0. The molecule has 4 nitrogen and oxygen atoms in total. The lowest BCUT2D eigenvalue weighted by atomic mass is 9.98. The van der Waals surface area contributed by atoms with E-state index in [2.05, 4.69) is 32.7 Å². The highest BCUT2D eigenvalue weighted by atomic mass is 79.9. The van der Waals surface area contributed by atoms with E-state index in [-0.39, 0.29) is 6.54 Å². The van der Waals surface area contributed by atoms with Gasteiger partial charge in [0.05, 0.1) is 6.54 Å². The first-order chi connectivity index (χ1) is 7.58. The summed E-state index contributed by atoms with van der Waals surface area (Å²) in [6, 6.07) is 0. The zero-order valence-corrected chi connectivity index (χ0v) is 11.0. The lowest BCUT2D eigenvalue weighted by Gasteiger charge is -2.32. The Balaban J connectivity index is 2.22. The number of carboxylic acids is 1. The number of carboxylic acid groups (broad SMARTS) is 1. The van der Waals surface area contributed by atoms with Crippen molar-refractivity contribution in [1.82, 2.24) is 10.2 Å². The summed E-state index contributed by atoms with van der Waals surface area (Å²) in [5, 5.41) is 11.5. The minimum atomic E-state index is -0.790. The van der Waals surface area contributed by atoms with Crippen molar-refractivity contribution in [3.05, 3.63) is 11.1 Å². The number of likely N-dealkylation sites (tertiary alicyclic amines) is 1. The number of halogens is 1. The van der Waals surface area contributed by atoms with Gasteiger partial charge in [0, 0.05) is 17.6 Å². The lowest BCUT2D eigenvalue weighted by Crippen LogP contribution is -2.40. The minimum absolute atomic E-state index is 0.0572. The molecule has 1 fully saturated rings. The van der Waals surface area contributed by atoms with E-state index in [0.717, 1.165) is 30.7 Å². The monoisotopic (exact) mass is 290 g/mol. The van der Waals surface area contributed by atoms with Crippen molar-refractivity contribution >= 4 is 21.9 Å². The van der Waals surface area contributed by atoms with Gasteiger partial charge in [-0.25, -0.2) is 0 Å². The summed E-state index contributed by atoms with van der Waals surface area (Å²) in [7, 11) is 0. The molecule has 0 aromatic heterocycles. The Kier molecular flexibility index (Phi) is 6.01. The summed E-state index contributed by atoms with van der Waals surface area (Å²) < 4.78 is 1.01. The van der Waals surface area contributed by atoms with Gasteiger partial charge in [0.25, 0.3) is 0 Å². The Morgan fingerprint density at radius 3 is 3.00 bits per heavy atom. The Bertz CT molecular complexity index is 258. The molecular formula is C11H19BrN2O2. The van der Waals surface area contributed by atoms with Gasteiger partial charge in [0.15, 0.2) is 0 Å². The van der Waals surface area contributed by atoms with Crippen LogP contribution in [0.3, 0.4) is 0 Å². The zero-order chi connectivity index (χ0) is 12.0. The molecule has 1 heterocycles. The predicted octanol–water partition coefficient (Wildman–Crippen LogP) is 1.28. The van der Waals surface area contributed by atoms with Crippen molar-refractivity contribution in [3.63, 3.8) is 0 Å². The van der Waals surface area contributed by atoms with Crippen LogP contribution in [0, 0.1) is 5.92 Å². The standard InChI is InChI=1S/C11H19BrN2O2/c1-9(12)7-14-4-2-3-10(8-14)5-13-6-11(15)16/h10,13H,1-8H2,(H,15,16). The summed E-state index contributed by atoms with van der Waals surface area (Å²) in [4.78, 5) is 12.7. The third-order valence-corrected chi connectivity index (χ3v) is 2.96. The van der Waals surface area contributed by atoms with Crippen molar-refractivity contribution in [3.8, 4) is 0 Å². The van der Waals surface area contributed by atoms with Crippen LogP contribution in [0.25, 0.3) is 0 Å². The summed E-state index contributed by atoms with van der Waals surface area (Å²) in [6.07, 6.45) is 2.36. The maximum atomic E-state index is 10.4. The predicted molar refractivity (Wildman–Crippen MR) is 67.7 cm³/mol. The van der Waals surface area contributed by atoms with E-state index in [4.69, 9.17) is 5.11 Å². The van der Waals surface area contributed by atoms with Gasteiger partial charge in [0.2, 0.25) is 0 Å². The van der Waals surface area contributed by atoms with Crippen LogP contribution in [0.2, 0.25) is 0 Å². The van der Waals surface area contributed by atoms with E-state index in [1.807, 2.05) is 0 Å². The van der Waals surface area contributed by atoms with Crippen LogP contribution >= 0.6 is 15.9 Å². The molecule has 0 amide bonds. The number of rotatable bonds is 6. The molecule has 0 aromatic rings. The molecule has 1 atom stereocenters. The molecule has 1 aliphatic heterocycles. The highest BCUT2D eigenvalue weighted by Crippen LogP contribution is 2.17. The number of aliphatic carboxylic acids is 1. The Hall–Kier alpha value is -0.390. The molecule has 5 heteroatoms. The third kappa shape index (κ3) is 5.63. The first kappa shape index (κ1) is 13.7. The molecule has 1 aliphatic rings. The van der Waals surface area contributed by atoms with Crippen molar-refractivity contribution in [2.45, 2.75) is 12.8 Å². The van der Waals surface area contributed by atoms with Crippen LogP contribution in [0.1, 0.15) is 12.8 Å². The van der Waals surface area contributed by atoms with E-state index in [1.165, 1.54) is 12.8 Å². The van der Waals surface area contributed by atoms with Crippen molar-refractivity contribution in [2.75, 3.05) is 32.7 Å². The van der Waals surface area contributed by atoms with Gasteiger partial charge >= 0.3 is 5.97 Å². The first-order valence-electron chi connectivity index (χ1n) is 5.56. The van der Waals surface area contributed by atoms with Crippen molar-refractivity contribution in [1.29, 1.82) is 0 Å². The minimum Gasteiger partial charge on any atom is -0.480 e. The van der Waals surface area contributed by atoms with Crippen LogP contribution < -0.4 is 5.32 Å². The number of piperidine rings is 1. The molecule has 16 heavy (non-hydrogen) atoms. The van der Waals surface area contributed by atoms with Crippen LogP contribution in [0.4, 0.5) is 0 Å². The fraction of sp³-hybridized carbons (Fsp3) is 0.727. The van der Waals surface area contributed by atoms with E-state index >= 15 is 0 Å². The molecule has 2 N–H and O–H groups in total. The molecule has 0 bridgehead atoms. The summed E-state index contributed by atoms with van der Waals surface area (Å²) in [5.74, 6) is -0.235. The van der Waals surface area contributed by atoms with Gasteiger partial charge < -0.3 is 10.4 Å². The highest BCUT2D eigenvalue weighted by Gasteiger charge is 2.19. The Morgan fingerprint density at radius 2 is 2.38 bits per heavy atom. The zero-order valence-electron chi connectivity index (χ0n) is 9.41. The third-order valence-electron chi connectivity index (χ3n) is 2.71. The maximum absolute atomic E-state index is 10.4. The second-order valence-electron chi connectivity index (χ2n) is 4.29. The second kappa shape index (κ2) is 7.04. The van der Waals surface area contributed by atoms with Gasteiger partial charge in [-0.1, -0.05) is 22.5 Å². The quantitative estimate of drug-likeness (QED) is 0.774. The van der Waals surface area contributed by atoms with Gasteiger partial charge in [-0.05, 0) is 31.8 Å². The maximum Gasteiger partial charge on any atom is 0.317 e. The summed E-state index contributed by atoms with van der Waals surface area (Å²) in [6.45, 7) is 7.71. The van der Waals surface area contributed by atoms with E-state index < -0.39 is 5.97 Å². The molecule has 0 spiro atoms.